The first-order chi connectivity index (χ1) is 5.83. The molecule has 3 heteroatoms. The van der Waals surface area contributed by atoms with E-state index in [0.717, 1.165) is 0 Å². The maximum Gasteiger partial charge on any atom is 0.208 e. The molecule has 0 bridgehead atoms. The standard InChI is InChI=1S/C9H6N2O/c1-11-8-4-3-5-9(12-2)7(8)6-10/h3-5H,2H3. The first kappa shape index (κ1) is 8.10. The van der Waals surface area contributed by atoms with Crippen LogP contribution in [0.15, 0.2) is 18.2 Å². The van der Waals surface area contributed by atoms with Gasteiger partial charge in [-0.25, -0.2) is 4.85 Å². The fourth-order valence-corrected chi connectivity index (χ4v) is 0.895. The van der Waals surface area contributed by atoms with Crippen LogP contribution in [0.1, 0.15) is 5.56 Å². The number of nitriles is 1. The minimum Gasteiger partial charge on any atom is -0.497 e. The molecule has 0 N–H and O–H groups in total. The van der Waals surface area contributed by atoms with Crippen molar-refractivity contribution in [2.24, 2.45) is 0 Å². The zero-order valence-corrected chi connectivity index (χ0v) is 6.53. The zero-order valence-electron chi connectivity index (χ0n) is 6.53. The van der Waals surface area contributed by atoms with E-state index in [1.54, 1.807) is 18.2 Å². The molecule has 0 aromatic heterocycles. The van der Waals surface area contributed by atoms with Crippen molar-refractivity contribution in [3.8, 4) is 11.8 Å². The minimum atomic E-state index is 0.301. The smallest absolute Gasteiger partial charge is 0.208 e. The molecule has 1 aromatic carbocycles. The Morgan fingerprint density at radius 1 is 1.58 bits per heavy atom. The molecule has 0 amide bonds. The van der Waals surface area contributed by atoms with Crippen LogP contribution in [0.5, 0.6) is 5.75 Å². The van der Waals surface area contributed by atoms with Gasteiger partial charge in [-0.1, -0.05) is 12.1 Å². The molecule has 0 aliphatic rings. The minimum absolute atomic E-state index is 0.301. The quantitative estimate of drug-likeness (QED) is 0.587. The summed E-state index contributed by atoms with van der Waals surface area (Å²) >= 11 is 0. The summed E-state index contributed by atoms with van der Waals surface area (Å²) in [6.45, 7) is 6.78. The Kier molecular flexibility index (Phi) is 2.30. The van der Waals surface area contributed by atoms with E-state index < -0.39 is 0 Å². The summed E-state index contributed by atoms with van der Waals surface area (Å²) < 4.78 is 4.91. The number of benzene rings is 1. The molecule has 0 aliphatic carbocycles. The molecule has 0 aliphatic heterocycles. The van der Waals surface area contributed by atoms with Crippen LogP contribution in [0.25, 0.3) is 4.85 Å². The van der Waals surface area contributed by atoms with Gasteiger partial charge >= 0.3 is 0 Å². The lowest BCUT2D eigenvalue weighted by Crippen LogP contribution is -1.86. The number of hydrogen-bond acceptors (Lipinski definition) is 2. The van der Waals surface area contributed by atoms with Gasteiger partial charge in [-0.2, -0.15) is 5.26 Å². The number of hydrogen-bond donors (Lipinski definition) is 0. The Bertz CT molecular complexity index is 371. The van der Waals surface area contributed by atoms with Crippen LogP contribution in [-0.2, 0) is 0 Å². The van der Waals surface area contributed by atoms with E-state index in [4.69, 9.17) is 16.6 Å². The van der Waals surface area contributed by atoms with E-state index in [2.05, 4.69) is 4.85 Å². The first-order valence-corrected chi connectivity index (χ1v) is 3.28. The summed E-state index contributed by atoms with van der Waals surface area (Å²) in [6, 6.07) is 6.87. The van der Waals surface area contributed by atoms with Gasteiger partial charge in [0.05, 0.1) is 19.8 Å². The maximum atomic E-state index is 8.69. The molecular formula is C9H6N2O. The third-order valence-corrected chi connectivity index (χ3v) is 1.46. The highest BCUT2D eigenvalue weighted by atomic mass is 16.5. The topological polar surface area (TPSA) is 37.4 Å². The van der Waals surface area contributed by atoms with Crippen LogP contribution in [-0.4, -0.2) is 7.11 Å². The van der Waals surface area contributed by atoms with E-state index in [1.165, 1.54) is 7.11 Å². The Hall–Kier alpha value is -2.00. The third-order valence-electron chi connectivity index (χ3n) is 1.46. The lowest BCUT2D eigenvalue weighted by Gasteiger charge is -2.01. The van der Waals surface area contributed by atoms with E-state index in [-0.39, 0.29) is 0 Å². The molecule has 58 valence electrons. The highest BCUT2D eigenvalue weighted by molar-refractivity contribution is 5.64. The van der Waals surface area contributed by atoms with Gasteiger partial charge in [0.1, 0.15) is 11.3 Å². The van der Waals surface area contributed by atoms with Crippen molar-refractivity contribution in [1.29, 1.82) is 5.26 Å². The van der Waals surface area contributed by atoms with Gasteiger partial charge in [-0.3, -0.25) is 0 Å². The Labute approximate surface area is 70.6 Å². The Balaban J connectivity index is 3.37. The molecule has 0 heterocycles. The molecular weight excluding hydrogens is 152 g/mol. The third kappa shape index (κ3) is 1.21. The average Bonchev–Trinajstić information content (AvgIpc) is 2.16. The SMILES string of the molecule is [C-]#[N+]c1cccc(OC)c1C#N. The lowest BCUT2D eigenvalue weighted by atomic mass is 10.2. The fraction of sp³-hybridized carbons (Fsp3) is 0.111. The van der Waals surface area contributed by atoms with Gasteiger partial charge < -0.3 is 4.74 Å². The summed E-state index contributed by atoms with van der Waals surface area (Å²) in [7, 11) is 1.48. The van der Waals surface area contributed by atoms with Crippen molar-refractivity contribution < 1.29 is 4.74 Å². The van der Waals surface area contributed by atoms with E-state index in [9.17, 15) is 0 Å². The van der Waals surface area contributed by atoms with Gasteiger partial charge in [0.15, 0.2) is 0 Å². The number of methoxy groups -OCH3 is 1. The monoisotopic (exact) mass is 158 g/mol. The van der Waals surface area contributed by atoms with Crippen molar-refractivity contribution in [2.75, 3.05) is 7.11 Å². The molecule has 3 nitrogen and oxygen atoms in total. The van der Waals surface area contributed by atoms with E-state index in [1.807, 2.05) is 6.07 Å². The second-order valence-electron chi connectivity index (χ2n) is 2.08. The first-order valence-electron chi connectivity index (χ1n) is 3.28. The van der Waals surface area contributed by atoms with E-state index in [0.29, 0.717) is 17.0 Å². The Morgan fingerprint density at radius 3 is 2.83 bits per heavy atom. The molecule has 1 aromatic rings. The Morgan fingerprint density at radius 2 is 2.33 bits per heavy atom. The van der Waals surface area contributed by atoms with Crippen LogP contribution in [0.4, 0.5) is 5.69 Å². The van der Waals surface area contributed by atoms with Crippen molar-refractivity contribution in [3.05, 3.63) is 35.2 Å². The molecule has 0 spiro atoms. The van der Waals surface area contributed by atoms with Crippen LogP contribution in [0.2, 0.25) is 0 Å². The molecule has 0 unspecified atom stereocenters. The number of rotatable bonds is 1. The van der Waals surface area contributed by atoms with E-state index >= 15 is 0 Å². The molecule has 0 fully saturated rings. The van der Waals surface area contributed by atoms with Crippen LogP contribution in [0, 0.1) is 17.9 Å². The highest BCUT2D eigenvalue weighted by Gasteiger charge is 2.06. The summed E-state index contributed by atoms with van der Waals surface area (Å²) in [5.41, 5.74) is 0.631. The molecule has 1 rings (SSSR count). The zero-order chi connectivity index (χ0) is 8.97. The van der Waals surface area contributed by atoms with Crippen LogP contribution in [0.3, 0.4) is 0 Å². The largest absolute Gasteiger partial charge is 0.497 e. The second-order valence-corrected chi connectivity index (χ2v) is 2.08. The van der Waals surface area contributed by atoms with Crippen LogP contribution < -0.4 is 4.74 Å². The maximum absolute atomic E-state index is 8.69. The van der Waals surface area contributed by atoms with Crippen molar-refractivity contribution in [3.63, 3.8) is 0 Å². The van der Waals surface area contributed by atoms with Crippen molar-refractivity contribution in [2.45, 2.75) is 0 Å². The molecule has 0 saturated carbocycles. The lowest BCUT2D eigenvalue weighted by molar-refractivity contribution is 0.414. The summed E-state index contributed by atoms with van der Waals surface area (Å²) in [5.74, 6) is 0.450. The van der Waals surface area contributed by atoms with Crippen molar-refractivity contribution in [1.82, 2.24) is 0 Å². The second kappa shape index (κ2) is 3.41. The van der Waals surface area contributed by atoms with Gasteiger partial charge in [-0.05, 0) is 6.07 Å². The highest BCUT2D eigenvalue weighted by Crippen LogP contribution is 2.27. The normalized spacial score (nSPS) is 8.25. The van der Waals surface area contributed by atoms with Gasteiger partial charge in [-0.15, -0.1) is 0 Å². The number of nitrogens with zero attached hydrogens (tertiary/aromatic N) is 2. The molecule has 0 radical (unpaired) electrons. The molecule has 12 heavy (non-hydrogen) atoms. The van der Waals surface area contributed by atoms with Gasteiger partial charge in [0.25, 0.3) is 0 Å². The van der Waals surface area contributed by atoms with Gasteiger partial charge in [0, 0.05) is 0 Å². The predicted octanol–water partition coefficient (Wildman–Crippen LogP) is 2.12. The van der Waals surface area contributed by atoms with Gasteiger partial charge in [0.2, 0.25) is 5.69 Å². The van der Waals surface area contributed by atoms with Crippen molar-refractivity contribution >= 4 is 5.69 Å². The average molecular weight is 158 g/mol. The number of ether oxygens (including phenoxy) is 1. The predicted molar refractivity (Wildman–Crippen MR) is 44.0 cm³/mol. The summed E-state index contributed by atoms with van der Waals surface area (Å²) in [4.78, 5) is 3.20. The molecule has 0 atom stereocenters. The molecule has 0 saturated heterocycles. The summed E-state index contributed by atoms with van der Waals surface area (Å²) in [6.07, 6.45) is 0. The summed E-state index contributed by atoms with van der Waals surface area (Å²) in [5, 5.41) is 8.69. The fourth-order valence-electron chi connectivity index (χ4n) is 0.895. The van der Waals surface area contributed by atoms with Crippen LogP contribution >= 0.6 is 0 Å².